The van der Waals surface area contributed by atoms with Crippen molar-refractivity contribution in [2.75, 3.05) is 32.7 Å². The van der Waals surface area contributed by atoms with Gasteiger partial charge in [-0.25, -0.2) is 4.79 Å². The molecule has 2 N–H and O–H groups in total. The van der Waals surface area contributed by atoms with E-state index >= 15 is 0 Å². The lowest BCUT2D eigenvalue weighted by Crippen LogP contribution is -2.43. The standard InChI is InChI=1S/C19H27N3O2/c1-14(2)22-13-16(4-3-9-21-10-7-20-8-11-21)17-12-15(19(23)24)5-6-18(17)22/h5-6,12-14,20H,3-4,7-11H2,1-2H3,(H,23,24). The van der Waals surface area contributed by atoms with Crippen molar-refractivity contribution in [3.63, 3.8) is 0 Å². The average Bonchev–Trinajstić information content (AvgIpc) is 2.94. The molecule has 1 saturated heterocycles. The fraction of sp³-hybridized carbons (Fsp3) is 0.526. The topological polar surface area (TPSA) is 57.5 Å². The van der Waals surface area contributed by atoms with Crippen LogP contribution in [0.1, 0.15) is 42.2 Å². The highest BCUT2D eigenvalue weighted by atomic mass is 16.4. The second-order valence-electron chi connectivity index (χ2n) is 6.89. The van der Waals surface area contributed by atoms with Crippen LogP contribution in [0, 0.1) is 0 Å². The molecule has 0 amide bonds. The molecule has 0 spiro atoms. The maximum Gasteiger partial charge on any atom is 0.335 e. The molecular formula is C19H27N3O2. The van der Waals surface area contributed by atoms with Crippen molar-refractivity contribution >= 4 is 16.9 Å². The highest BCUT2D eigenvalue weighted by Gasteiger charge is 2.14. The van der Waals surface area contributed by atoms with Gasteiger partial charge in [0.05, 0.1) is 5.56 Å². The lowest BCUT2D eigenvalue weighted by Gasteiger charge is -2.26. The third-order valence-corrected chi connectivity index (χ3v) is 4.85. The largest absolute Gasteiger partial charge is 0.478 e. The van der Waals surface area contributed by atoms with Gasteiger partial charge in [-0.15, -0.1) is 0 Å². The SMILES string of the molecule is CC(C)n1cc(CCCN2CCNCC2)c2cc(C(=O)O)ccc21. The Morgan fingerprint density at radius 3 is 2.71 bits per heavy atom. The fourth-order valence-electron chi connectivity index (χ4n) is 3.51. The fourth-order valence-corrected chi connectivity index (χ4v) is 3.51. The van der Waals surface area contributed by atoms with Gasteiger partial charge >= 0.3 is 5.97 Å². The Morgan fingerprint density at radius 2 is 2.04 bits per heavy atom. The quantitative estimate of drug-likeness (QED) is 0.856. The number of carbonyl (C=O) groups is 1. The van der Waals surface area contributed by atoms with Crippen molar-refractivity contribution in [3.8, 4) is 0 Å². The molecule has 1 aromatic carbocycles. The van der Waals surface area contributed by atoms with Gasteiger partial charge in [-0.1, -0.05) is 0 Å². The maximum atomic E-state index is 11.3. The second-order valence-corrected chi connectivity index (χ2v) is 6.89. The highest BCUT2D eigenvalue weighted by molar-refractivity contribution is 5.95. The van der Waals surface area contributed by atoms with E-state index in [0.29, 0.717) is 11.6 Å². The van der Waals surface area contributed by atoms with E-state index in [1.807, 2.05) is 12.1 Å². The third-order valence-electron chi connectivity index (χ3n) is 4.85. The number of carboxylic acid groups (broad SMARTS) is 1. The van der Waals surface area contributed by atoms with Crippen LogP contribution >= 0.6 is 0 Å². The molecule has 1 aliphatic rings. The Kier molecular flexibility index (Phi) is 5.21. The van der Waals surface area contributed by atoms with Crippen molar-refractivity contribution in [1.82, 2.24) is 14.8 Å². The zero-order valence-electron chi connectivity index (χ0n) is 14.6. The molecule has 3 rings (SSSR count). The molecule has 130 valence electrons. The monoisotopic (exact) mass is 329 g/mol. The van der Waals surface area contributed by atoms with Crippen LogP contribution in [0.2, 0.25) is 0 Å². The van der Waals surface area contributed by atoms with Crippen LogP contribution in [0.4, 0.5) is 0 Å². The Morgan fingerprint density at radius 1 is 1.29 bits per heavy atom. The lowest BCUT2D eigenvalue weighted by atomic mass is 10.1. The summed E-state index contributed by atoms with van der Waals surface area (Å²) in [6, 6.07) is 5.84. The summed E-state index contributed by atoms with van der Waals surface area (Å²) in [5.74, 6) is -0.860. The number of hydrogen-bond acceptors (Lipinski definition) is 3. The molecule has 0 unspecified atom stereocenters. The number of piperazine rings is 1. The van der Waals surface area contributed by atoms with Crippen LogP contribution < -0.4 is 5.32 Å². The van der Waals surface area contributed by atoms with Gasteiger partial charge in [0.1, 0.15) is 0 Å². The smallest absolute Gasteiger partial charge is 0.335 e. The summed E-state index contributed by atoms with van der Waals surface area (Å²) in [5, 5.41) is 13.7. The molecule has 1 fully saturated rings. The lowest BCUT2D eigenvalue weighted by molar-refractivity contribution is 0.0697. The number of hydrogen-bond donors (Lipinski definition) is 2. The number of rotatable bonds is 6. The molecular weight excluding hydrogens is 302 g/mol. The zero-order chi connectivity index (χ0) is 17.1. The number of aromatic nitrogens is 1. The molecule has 1 aliphatic heterocycles. The highest BCUT2D eigenvalue weighted by Crippen LogP contribution is 2.27. The number of aromatic carboxylic acids is 1. The summed E-state index contributed by atoms with van der Waals surface area (Å²) in [6.07, 6.45) is 4.30. The van der Waals surface area contributed by atoms with Gasteiger partial charge < -0.3 is 19.9 Å². The van der Waals surface area contributed by atoms with E-state index in [1.165, 1.54) is 5.56 Å². The first kappa shape index (κ1) is 17.0. The minimum absolute atomic E-state index is 0.366. The first-order valence-electron chi connectivity index (χ1n) is 8.86. The zero-order valence-corrected chi connectivity index (χ0v) is 14.6. The van der Waals surface area contributed by atoms with E-state index in [4.69, 9.17) is 0 Å². The number of fused-ring (bicyclic) bond motifs is 1. The molecule has 2 heterocycles. The van der Waals surface area contributed by atoms with Crippen LogP contribution in [0.5, 0.6) is 0 Å². The average molecular weight is 329 g/mol. The molecule has 24 heavy (non-hydrogen) atoms. The molecule has 2 aromatic rings. The predicted molar refractivity (Wildman–Crippen MR) is 96.9 cm³/mol. The van der Waals surface area contributed by atoms with Gasteiger partial charge in [-0.3, -0.25) is 0 Å². The van der Waals surface area contributed by atoms with Crippen molar-refractivity contribution in [1.29, 1.82) is 0 Å². The van der Waals surface area contributed by atoms with Gasteiger partial charge in [0, 0.05) is 49.3 Å². The molecule has 0 bridgehead atoms. The maximum absolute atomic E-state index is 11.3. The Balaban J connectivity index is 1.79. The number of benzene rings is 1. The normalized spacial score (nSPS) is 16.1. The number of carboxylic acids is 1. The summed E-state index contributed by atoms with van der Waals surface area (Å²) in [5.41, 5.74) is 2.76. The summed E-state index contributed by atoms with van der Waals surface area (Å²) in [7, 11) is 0. The molecule has 0 saturated carbocycles. The summed E-state index contributed by atoms with van der Waals surface area (Å²) in [4.78, 5) is 13.8. The van der Waals surface area contributed by atoms with Crippen molar-refractivity contribution in [2.24, 2.45) is 0 Å². The third kappa shape index (κ3) is 3.62. The molecule has 0 radical (unpaired) electrons. The van der Waals surface area contributed by atoms with Crippen LogP contribution in [0.3, 0.4) is 0 Å². The van der Waals surface area contributed by atoms with Crippen LogP contribution in [0.25, 0.3) is 10.9 Å². The molecule has 5 nitrogen and oxygen atoms in total. The summed E-state index contributed by atoms with van der Waals surface area (Å²) < 4.78 is 2.25. The van der Waals surface area contributed by atoms with E-state index in [-0.39, 0.29) is 0 Å². The molecule has 5 heteroatoms. The summed E-state index contributed by atoms with van der Waals surface area (Å²) >= 11 is 0. The van der Waals surface area contributed by atoms with Gasteiger partial charge in [-0.2, -0.15) is 0 Å². The van der Waals surface area contributed by atoms with E-state index in [9.17, 15) is 9.90 Å². The molecule has 1 aromatic heterocycles. The van der Waals surface area contributed by atoms with Crippen molar-refractivity contribution in [3.05, 3.63) is 35.5 Å². The van der Waals surface area contributed by atoms with E-state index in [2.05, 4.69) is 34.8 Å². The van der Waals surface area contributed by atoms with E-state index in [1.54, 1.807) is 6.07 Å². The minimum atomic E-state index is -0.860. The van der Waals surface area contributed by atoms with Gasteiger partial charge in [-0.05, 0) is 57.0 Å². The number of nitrogens with zero attached hydrogens (tertiary/aromatic N) is 2. The first-order chi connectivity index (χ1) is 11.6. The van der Waals surface area contributed by atoms with E-state index in [0.717, 1.165) is 56.5 Å². The Labute approximate surface area is 143 Å². The van der Waals surface area contributed by atoms with Gasteiger partial charge in [0.25, 0.3) is 0 Å². The van der Waals surface area contributed by atoms with Gasteiger partial charge in [0.15, 0.2) is 0 Å². The predicted octanol–water partition coefficient (Wildman–Crippen LogP) is 2.76. The van der Waals surface area contributed by atoms with Crippen molar-refractivity contribution in [2.45, 2.75) is 32.7 Å². The molecule has 0 atom stereocenters. The molecule has 0 aliphatic carbocycles. The summed E-state index contributed by atoms with van der Waals surface area (Å²) in [6.45, 7) is 9.83. The van der Waals surface area contributed by atoms with E-state index < -0.39 is 5.97 Å². The number of nitrogens with one attached hydrogen (secondary N) is 1. The minimum Gasteiger partial charge on any atom is -0.478 e. The number of aryl methyl sites for hydroxylation is 1. The van der Waals surface area contributed by atoms with Crippen LogP contribution in [0.15, 0.2) is 24.4 Å². The Bertz CT molecular complexity index is 715. The first-order valence-corrected chi connectivity index (χ1v) is 8.86. The van der Waals surface area contributed by atoms with Gasteiger partial charge in [0.2, 0.25) is 0 Å². The Hall–Kier alpha value is -1.85. The van der Waals surface area contributed by atoms with Crippen molar-refractivity contribution < 1.29 is 9.90 Å². The second kappa shape index (κ2) is 7.36. The van der Waals surface area contributed by atoms with Crippen LogP contribution in [-0.2, 0) is 6.42 Å². The van der Waals surface area contributed by atoms with Crippen LogP contribution in [-0.4, -0.2) is 53.3 Å².